The molecule has 1 saturated heterocycles. The Balaban J connectivity index is 1.50. The Kier molecular flexibility index (Phi) is 3.88. The number of sulfonamides is 1. The summed E-state index contributed by atoms with van der Waals surface area (Å²) < 4.78 is 25.2. The minimum Gasteiger partial charge on any atom is -0.348 e. The van der Waals surface area contributed by atoms with E-state index in [1.807, 2.05) is 6.07 Å². The molecule has 2 atom stereocenters. The van der Waals surface area contributed by atoms with Crippen molar-refractivity contribution in [3.8, 4) is 0 Å². The maximum atomic E-state index is 12.6. The minimum absolute atomic E-state index is 0.104. The predicted molar refractivity (Wildman–Crippen MR) is 90.1 cm³/mol. The molecule has 1 aromatic heterocycles. The Bertz CT molecular complexity index is 773. The molecular formula is C17H23N3O3S. The van der Waals surface area contributed by atoms with E-state index in [2.05, 4.69) is 10.3 Å². The molecule has 1 aromatic rings. The number of nitrogens with one attached hydrogen (secondary N) is 1. The number of hydrogen-bond acceptors (Lipinski definition) is 4. The zero-order chi connectivity index (χ0) is 16.9. The molecule has 7 heteroatoms. The van der Waals surface area contributed by atoms with Gasteiger partial charge >= 0.3 is 0 Å². The SMILES string of the molecule is CS(=O)(=O)N1CC(NC(=O)c2cnc3c(c2)CCC3)C(C2CC2)C1. The molecule has 1 aliphatic heterocycles. The van der Waals surface area contributed by atoms with Gasteiger partial charge in [0.25, 0.3) is 5.91 Å². The highest BCUT2D eigenvalue weighted by Crippen LogP contribution is 2.42. The lowest BCUT2D eigenvalue weighted by atomic mass is 9.98. The van der Waals surface area contributed by atoms with E-state index < -0.39 is 10.0 Å². The molecule has 0 aromatic carbocycles. The maximum Gasteiger partial charge on any atom is 0.253 e. The van der Waals surface area contributed by atoms with Crippen molar-refractivity contribution in [2.75, 3.05) is 19.3 Å². The van der Waals surface area contributed by atoms with E-state index in [4.69, 9.17) is 0 Å². The lowest BCUT2D eigenvalue weighted by Crippen LogP contribution is -2.41. The molecule has 1 N–H and O–H groups in total. The van der Waals surface area contributed by atoms with Crippen molar-refractivity contribution in [3.63, 3.8) is 0 Å². The number of aromatic nitrogens is 1. The zero-order valence-corrected chi connectivity index (χ0v) is 14.7. The zero-order valence-electron chi connectivity index (χ0n) is 13.9. The van der Waals surface area contributed by atoms with E-state index in [1.54, 1.807) is 6.20 Å². The van der Waals surface area contributed by atoms with Gasteiger partial charge in [0.1, 0.15) is 0 Å². The van der Waals surface area contributed by atoms with Crippen molar-refractivity contribution in [1.29, 1.82) is 0 Å². The van der Waals surface area contributed by atoms with Gasteiger partial charge in [-0.25, -0.2) is 8.42 Å². The first-order valence-corrected chi connectivity index (χ1v) is 10.5. The molecule has 0 spiro atoms. The molecule has 3 aliphatic rings. The summed E-state index contributed by atoms with van der Waals surface area (Å²) in [5.74, 6) is 0.634. The van der Waals surface area contributed by atoms with E-state index in [0.717, 1.165) is 37.8 Å². The molecule has 6 nitrogen and oxygen atoms in total. The number of hydrogen-bond donors (Lipinski definition) is 1. The van der Waals surface area contributed by atoms with Crippen LogP contribution in [0.25, 0.3) is 0 Å². The number of carbonyl (C=O) groups is 1. The van der Waals surface area contributed by atoms with Crippen LogP contribution in [0.1, 0.15) is 40.9 Å². The average Bonchev–Trinajstić information content (AvgIpc) is 3.09. The molecule has 24 heavy (non-hydrogen) atoms. The van der Waals surface area contributed by atoms with Crippen LogP contribution in [-0.2, 0) is 22.9 Å². The third-order valence-corrected chi connectivity index (χ3v) is 6.76. The normalized spacial score (nSPS) is 27.2. The van der Waals surface area contributed by atoms with Crippen LogP contribution in [0.2, 0.25) is 0 Å². The van der Waals surface area contributed by atoms with Gasteiger partial charge in [0.15, 0.2) is 0 Å². The standard InChI is InChI=1S/C17H23N3O3S/c1-24(22,23)20-9-14(11-5-6-11)16(10-20)19-17(21)13-7-12-3-2-4-15(12)18-8-13/h7-8,11,14,16H,2-6,9-10H2,1H3,(H,19,21). The van der Waals surface area contributed by atoms with Crippen LogP contribution in [0.3, 0.4) is 0 Å². The fourth-order valence-electron chi connectivity index (χ4n) is 4.02. The predicted octanol–water partition coefficient (Wildman–Crippen LogP) is 0.970. The smallest absolute Gasteiger partial charge is 0.253 e. The third kappa shape index (κ3) is 3.07. The second-order valence-corrected chi connectivity index (χ2v) is 9.33. The first-order valence-electron chi connectivity index (χ1n) is 8.65. The molecule has 2 heterocycles. The largest absolute Gasteiger partial charge is 0.348 e. The van der Waals surface area contributed by atoms with E-state index in [0.29, 0.717) is 24.6 Å². The number of rotatable bonds is 4. The number of fused-ring (bicyclic) bond motifs is 1. The van der Waals surface area contributed by atoms with E-state index in [9.17, 15) is 13.2 Å². The van der Waals surface area contributed by atoms with Crippen LogP contribution in [0, 0.1) is 11.8 Å². The van der Waals surface area contributed by atoms with Crippen molar-refractivity contribution in [2.24, 2.45) is 11.8 Å². The summed E-state index contributed by atoms with van der Waals surface area (Å²) in [6.07, 6.45) is 8.24. The molecule has 130 valence electrons. The molecule has 2 aliphatic carbocycles. The van der Waals surface area contributed by atoms with E-state index in [1.165, 1.54) is 16.1 Å². The molecule has 1 amide bonds. The quantitative estimate of drug-likeness (QED) is 0.878. The second-order valence-electron chi connectivity index (χ2n) is 7.34. The monoisotopic (exact) mass is 349 g/mol. The van der Waals surface area contributed by atoms with Gasteiger partial charge in [-0.1, -0.05) is 0 Å². The molecule has 2 fully saturated rings. The number of amides is 1. The number of pyridine rings is 1. The van der Waals surface area contributed by atoms with Crippen LogP contribution in [-0.4, -0.2) is 49.0 Å². The van der Waals surface area contributed by atoms with Gasteiger partial charge in [-0.2, -0.15) is 4.31 Å². The lowest BCUT2D eigenvalue weighted by Gasteiger charge is -2.19. The van der Waals surface area contributed by atoms with Crippen molar-refractivity contribution in [3.05, 3.63) is 29.1 Å². The van der Waals surface area contributed by atoms with Gasteiger partial charge in [-0.05, 0) is 55.6 Å². The maximum absolute atomic E-state index is 12.6. The van der Waals surface area contributed by atoms with Crippen LogP contribution in [0.5, 0.6) is 0 Å². The van der Waals surface area contributed by atoms with Gasteiger partial charge in [0, 0.05) is 31.0 Å². The Labute approximate surface area is 142 Å². The minimum atomic E-state index is -3.21. The Hall–Kier alpha value is -1.47. The average molecular weight is 349 g/mol. The summed E-state index contributed by atoms with van der Waals surface area (Å²) in [6.45, 7) is 0.904. The first-order chi connectivity index (χ1) is 11.4. The summed E-state index contributed by atoms with van der Waals surface area (Å²) in [5.41, 5.74) is 2.86. The van der Waals surface area contributed by atoms with Crippen molar-refractivity contribution in [1.82, 2.24) is 14.6 Å². The van der Waals surface area contributed by atoms with Gasteiger partial charge < -0.3 is 5.32 Å². The molecule has 0 bridgehead atoms. The van der Waals surface area contributed by atoms with Crippen molar-refractivity contribution < 1.29 is 13.2 Å². The number of aryl methyl sites for hydroxylation is 2. The molecule has 4 rings (SSSR count). The van der Waals surface area contributed by atoms with Crippen LogP contribution in [0.4, 0.5) is 0 Å². The topological polar surface area (TPSA) is 79.4 Å². The summed E-state index contributed by atoms with van der Waals surface area (Å²) in [7, 11) is -3.21. The van der Waals surface area contributed by atoms with Crippen LogP contribution in [0.15, 0.2) is 12.3 Å². The van der Waals surface area contributed by atoms with Crippen LogP contribution >= 0.6 is 0 Å². The summed E-state index contributed by atoms with van der Waals surface area (Å²) in [4.78, 5) is 17.0. The van der Waals surface area contributed by atoms with Gasteiger partial charge in [0.2, 0.25) is 10.0 Å². The number of carbonyl (C=O) groups excluding carboxylic acids is 1. The molecular weight excluding hydrogens is 326 g/mol. The van der Waals surface area contributed by atoms with Gasteiger partial charge in [-0.3, -0.25) is 9.78 Å². The summed E-state index contributed by atoms with van der Waals surface area (Å²) in [5, 5.41) is 3.07. The Morgan fingerprint density at radius 2 is 2.08 bits per heavy atom. The van der Waals surface area contributed by atoms with Crippen LogP contribution < -0.4 is 5.32 Å². The summed E-state index contributed by atoms with van der Waals surface area (Å²) in [6, 6.07) is 1.84. The lowest BCUT2D eigenvalue weighted by molar-refractivity contribution is 0.0928. The molecule has 1 saturated carbocycles. The first kappa shape index (κ1) is 16.0. The fraction of sp³-hybridized carbons (Fsp3) is 0.647. The molecule has 0 radical (unpaired) electrons. The summed E-state index contributed by atoms with van der Waals surface area (Å²) >= 11 is 0. The second kappa shape index (κ2) is 5.81. The highest BCUT2D eigenvalue weighted by atomic mass is 32.2. The fourth-order valence-corrected chi connectivity index (χ4v) is 4.89. The van der Waals surface area contributed by atoms with Gasteiger partial charge in [-0.15, -0.1) is 0 Å². The third-order valence-electron chi connectivity index (χ3n) is 5.53. The van der Waals surface area contributed by atoms with E-state index >= 15 is 0 Å². The van der Waals surface area contributed by atoms with E-state index in [-0.39, 0.29) is 17.9 Å². The Morgan fingerprint density at radius 3 is 2.79 bits per heavy atom. The molecule has 2 unspecified atom stereocenters. The number of nitrogens with zero attached hydrogens (tertiary/aromatic N) is 2. The van der Waals surface area contributed by atoms with Crippen molar-refractivity contribution >= 4 is 15.9 Å². The highest BCUT2D eigenvalue weighted by molar-refractivity contribution is 7.88. The van der Waals surface area contributed by atoms with Gasteiger partial charge in [0.05, 0.1) is 11.8 Å². The van der Waals surface area contributed by atoms with Crippen molar-refractivity contribution in [2.45, 2.75) is 38.1 Å². The highest BCUT2D eigenvalue weighted by Gasteiger charge is 2.45. The Morgan fingerprint density at radius 1 is 1.29 bits per heavy atom.